The molecule has 1 atom stereocenters. The standard InChI is InChI=1S/C14H20BrNOS/c15-7-12-8-18-13(17-12)16-14-4-9-1-10(5-14)3-11(2-9)6-14/h9-12H,1-8H2. The van der Waals surface area contributed by atoms with E-state index in [1.165, 1.54) is 38.5 Å². The van der Waals surface area contributed by atoms with Crippen molar-refractivity contribution in [1.82, 2.24) is 0 Å². The fourth-order valence-electron chi connectivity index (χ4n) is 4.91. The highest BCUT2D eigenvalue weighted by Gasteiger charge is 2.51. The summed E-state index contributed by atoms with van der Waals surface area (Å²) in [4.78, 5) is 5.10. The highest BCUT2D eigenvalue weighted by molar-refractivity contribution is 9.09. The van der Waals surface area contributed by atoms with E-state index >= 15 is 0 Å². The van der Waals surface area contributed by atoms with Crippen LogP contribution in [-0.2, 0) is 4.74 Å². The molecular formula is C14H20BrNOS. The lowest BCUT2D eigenvalue weighted by Gasteiger charge is -2.54. The molecule has 100 valence electrons. The number of nitrogens with zero attached hydrogens (tertiary/aromatic N) is 1. The largest absolute Gasteiger partial charge is 0.468 e. The molecule has 1 saturated heterocycles. The maximum atomic E-state index is 5.92. The van der Waals surface area contributed by atoms with Crippen molar-refractivity contribution in [3.63, 3.8) is 0 Å². The molecule has 0 aromatic heterocycles. The smallest absolute Gasteiger partial charge is 0.246 e. The van der Waals surface area contributed by atoms with Crippen LogP contribution < -0.4 is 0 Å². The molecule has 0 spiro atoms. The number of thioether (sulfide) groups is 1. The van der Waals surface area contributed by atoms with Gasteiger partial charge in [0.2, 0.25) is 5.23 Å². The Hall–Kier alpha value is 0.300. The predicted octanol–water partition coefficient (Wildman–Crippen LogP) is 3.84. The molecule has 1 aliphatic heterocycles. The molecule has 1 unspecified atom stereocenters. The van der Waals surface area contributed by atoms with E-state index in [2.05, 4.69) is 15.9 Å². The van der Waals surface area contributed by atoms with Gasteiger partial charge in [-0.15, -0.1) is 0 Å². The van der Waals surface area contributed by atoms with Crippen molar-refractivity contribution < 1.29 is 4.74 Å². The summed E-state index contributed by atoms with van der Waals surface area (Å²) in [5.41, 5.74) is 0.276. The molecule has 0 aromatic carbocycles. The molecule has 4 aliphatic carbocycles. The molecule has 0 N–H and O–H groups in total. The normalized spacial score (nSPS) is 51.9. The van der Waals surface area contributed by atoms with E-state index < -0.39 is 0 Å². The molecule has 2 nitrogen and oxygen atoms in total. The Labute approximate surface area is 121 Å². The van der Waals surface area contributed by atoms with E-state index in [0.717, 1.165) is 34.1 Å². The number of halogens is 1. The lowest BCUT2D eigenvalue weighted by atomic mass is 9.53. The number of aliphatic imine (C=N–C) groups is 1. The highest BCUT2D eigenvalue weighted by Crippen LogP contribution is 2.57. The Morgan fingerprint density at radius 2 is 1.78 bits per heavy atom. The molecule has 5 rings (SSSR count). The van der Waals surface area contributed by atoms with Gasteiger partial charge in [-0.3, -0.25) is 0 Å². The van der Waals surface area contributed by atoms with Crippen LogP contribution in [0.4, 0.5) is 0 Å². The van der Waals surface area contributed by atoms with Gasteiger partial charge in [0, 0.05) is 11.1 Å². The second-order valence-corrected chi connectivity index (χ2v) is 8.34. The fraction of sp³-hybridized carbons (Fsp3) is 0.929. The number of ether oxygens (including phenoxy) is 1. The van der Waals surface area contributed by atoms with Gasteiger partial charge in [-0.05, 0) is 56.3 Å². The topological polar surface area (TPSA) is 21.6 Å². The van der Waals surface area contributed by atoms with Crippen LogP contribution in [0.2, 0.25) is 0 Å². The Bertz CT molecular complexity index is 349. The van der Waals surface area contributed by atoms with Gasteiger partial charge in [0.1, 0.15) is 6.10 Å². The summed E-state index contributed by atoms with van der Waals surface area (Å²) < 4.78 is 5.92. The minimum Gasteiger partial charge on any atom is -0.468 e. The first-order valence-electron chi connectivity index (χ1n) is 7.20. The van der Waals surface area contributed by atoms with Gasteiger partial charge in [0.15, 0.2) is 0 Å². The van der Waals surface area contributed by atoms with Crippen LogP contribution in [0.5, 0.6) is 0 Å². The van der Waals surface area contributed by atoms with Crippen molar-refractivity contribution in [2.75, 3.05) is 11.1 Å². The summed E-state index contributed by atoms with van der Waals surface area (Å²) in [7, 11) is 0. The molecule has 1 heterocycles. The summed E-state index contributed by atoms with van der Waals surface area (Å²) in [6, 6.07) is 0. The van der Waals surface area contributed by atoms with Crippen molar-refractivity contribution in [1.29, 1.82) is 0 Å². The van der Waals surface area contributed by atoms with Gasteiger partial charge in [-0.2, -0.15) is 0 Å². The first-order valence-corrected chi connectivity index (χ1v) is 9.31. The van der Waals surface area contributed by atoms with Gasteiger partial charge in [-0.1, -0.05) is 27.7 Å². The first-order chi connectivity index (χ1) is 8.75. The van der Waals surface area contributed by atoms with Crippen molar-refractivity contribution >= 4 is 32.9 Å². The summed E-state index contributed by atoms with van der Waals surface area (Å²) in [6.07, 6.45) is 8.82. The maximum absolute atomic E-state index is 5.92. The van der Waals surface area contributed by atoms with Crippen LogP contribution in [-0.4, -0.2) is 28.0 Å². The molecule has 0 aromatic rings. The molecule has 5 fully saturated rings. The van der Waals surface area contributed by atoms with Crippen LogP contribution in [0.3, 0.4) is 0 Å². The SMILES string of the molecule is BrCC1CSC(=NC23CC4CC(CC(C4)C2)C3)O1. The summed E-state index contributed by atoms with van der Waals surface area (Å²) in [6.45, 7) is 0. The van der Waals surface area contributed by atoms with Gasteiger partial charge in [0.25, 0.3) is 0 Å². The zero-order chi connectivity index (χ0) is 12.2. The van der Waals surface area contributed by atoms with E-state index in [9.17, 15) is 0 Å². The summed E-state index contributed by atoms with van der Waals surface area (Å²) in [5, 5.41) is 1.92. The van der Waals surface area contributed by atoms with Gasteiger partial charge in [0.05, 0.1) is 5.54 Å². The average Bonchev–Trinajstić information content (AvgIpc) is 2.74. The predicted molar refractivity (Wildman–Crippen MR) is 79.5 cm³/mol. The monoisotopic (exact) mass is 329 g/mol. The van der Waals surface area contributed by atoms with Crippen molar-refractivity contribution in [2.24, 2.45) is 22.7 Å². The van der Waals surface area contributed by atoms with Crippen molar-refractivity contribution in [2.45, 2.75) is 50.2 Å². The van der Waals surface area contributed by atoms with Gasteiger partial charge < -0.3 is 4.74 Å². The van der Waals surface area contributed by atoms with E-state index in [4.69, 9.17) is 9.73 Å². The fourth-order valence-corrected chi connectivity index (χ4v) is 6.55. The Kier molecular flexibility index (Phi) is 2.95. The lowest BCUT2D eigenvalue weighted by Crippen LogP contribution is -2.49. The Balaban J connectivity index is 1.56. The average molecular weight is 330 g/mol. The van der Waals surface area contributed by atoms with Gasteiger partial charge in [-0.25, -0.2) is 4.99 Å². The zero-order valence-electron chi connectivity index (χ0n) is 10.6. The number of alkyl halides is 1. The quantitative estimate of drug-likeness (QED) is 0.718. The van der Waals surface area contributed by atoms with E-state index in [1.807, 2.05) is 11.8 Å². The third-order valence-electron chi connectivity index (χ3n) is 5.17. The maximum Gasteiger partial charge on any atom is 0.246 e. The van der Waals surface area contributed by atoms with Gasteiger partial charge >= 0.3 is 0 Å². The van der Waals surface area contributed by atoms with Crippen LogP contribution in [0.1, 0.15) is 38.5 Å². The van der Waals surface area contributed by atoms with Crippen molar-refractivity contribution in [3.8, 4) is 0 Å². The number of rotatable bonds is 2. The molecule has 4 heteroatoms. The van der Waals surface area contributed by atoms with Crippen LogP contribution in [0.25, 0.3) is 0 Å². The molecule has 4 bridgehead atoms. The molecule has 4 saturated carbocycles. The first kappa shape index (κ1) is 12.1. The highest BCUT2D eigenvalue weighted by atomic mass is 79.9. The third kappa shape index (κ3) is 2.04. The van der Waals surface area contributed by atoms with Crippen LogP contribution >= 0.6 is 27.7 Å². The lowest BCUT2D eigenvalue weighted by molar-refractivity contribution is 0.000692. The van der Waals surface area contributed by atoms with Crippen molar-refractivity contribution in [3.05, 3.63) is 0 Å². The second-order valence-electron chi connectivity index (χ2n) is 6.72. The summed E-state index contributed by atoms with van der Waals surface area (Å²) in [5.74, 6) is 3.98. The number of hydrogen-bond donors (Lipinski definition) is 0. The van der Waals surface area contributed by atoms with E-state index in [1.54, 1.807) is 0 Å². The Morgan fingerprint density at radius 3 is 2.28 bits per heavy atom. The molecule has 0 radical (unpaired) electrons. The molecular weight excluding hydrogens is 310 g/mol. The Morgan fingerprint density at radius 1 is 1.17 bits per heavy atom. The van der Waals surface area contributed by atoms with Crippen LogP contribution in [0, 0.1) is 17.8 Å². The minimum absolute atomic E-state index is 0.276. The van der Waals surface area contributed by atoms with E-state index in [-0.39, 0.29) is 5.54 Å². The molecule has 5 aliphatic rings. The molecule has 0 amide bonds. The molecule has 18 heavy (non-hydrogen) atoms. The number of hydrogen-bond acceptors (Lipinski definition) is 3. The zero-order valence-corrected chi connectivity index (χ0v) is 13.0. The third-order valence-corrected chi connectivity index (χ3v) is 6.86. The van der Waals surface area contributed by atoms with E-state index in [0.29, 0.717) is 6.10 Å². The summed E-state index contributed by atoms with van der Waals surface area (Å²) >= 11 is 5.33. The minimum atomic E-state index is 0.276. The van der Waals surface area contributed by atoms with Crippen LogP contribution in [0.15, 0.2) is 4.99 Å². The second kappa shape index (κ2) is 4.41.